The highest BCUT2D eigenvalue weighted by molar-refractivity contribution is 5.46. The maximum absolute atomic E-state index is 6.04. The number of hydrogen-bond donors (Lipinski definition) is 1. The van der Waals surface area contributed by atoms with Gasteiger partial charge in [-0.2, -0.15) is 0 Å². The molecule has 0 aliphatic carbocycles. The molecule has 98 valence electrons. The molecule has 2 N–H and O–H groups in total. The summed E-state index contributed by atoms with van der Waals surface area (Å²) in [6, 6.07) is 17.0. The lowest BCUT2D eigenvalue weighted by atomic mass is 10.0. The SMILES string of the molecule is Nc1ccccc1CN1CCCc2ccccc2C1. The molecule has 1 aliphatic rings. The summed E-state index contributed by atoms with van der Waals surface area (Å²) in [5.41, 5.74) is 11.2. The van der Waals surface area contributed by atoms with E-state index in [9.17, 15) is 0 Å². The van der Waals surface area contributed by atoms with Gasteiger partial charge in [0.2, 0.25) is 0 Å². The van der Waals surface area contributed by atoms with E-state index in [4.69, 9.17) is 5.73 Å². The van der Waals surface area contributed by atoms with Crippen molar-refractivity contribution in [1.29, 1.82) is 0 Å². The first-order valence-corrected chi connectivity index (χ1v) is 6.95. The van der Waals surface area contributed by atoms with Gasteiger partial charge in [-0.1, -0.05) is 42.5 Å². The van der Waals surface area contributed by atoms with Gasteiger partial charge >= 0.3 is 0 Å². The van der Waals surface area contributed by atoms with E-state index in [2.05, 4.69) is 41.3 Å². The number of nitrogens with two attached hydrogens (primary N) is 1. The molecular weight excluding hydrogens is 232 g/mol. The first kappa shape index (κ1) is 12.2. The Kier molecular flexibility index (Phi) is 3.51. The van der Waals surface area contributed by atoms with Crippen LogP contribution in [0.1, 0.15) is 23.1 Å². The second-order valence-electron chi connectivity index (χ2n) is 5.28. The van der Waals surface area contributed by atoms with Crippen LogP contribution in [0.3, 0.4) is 0 Å². The Labute approximate surface area is 114 Å². The number of para-hydroxylation sites is 1. The minimum Gasteiger partial charge on any atom is -0.398 e. The first-order valence-electron chi connectivity index (χ1n) is 6.95. The number of anilines is 1. The predicted molar refractivity (Wildman–Crippen MR) is 79.7 cm³/mol. The van der Waals surface area contributed by atoms with Crippen molar-refractivity contribution < 1.29 is 0 Å². The van der Waals surface area contributed by atoms with Gasteiger partial charge < -0.3 is 5.73 Å². The van der Waals surface area contributed by atoms with Crippen LogP contribution >= 0.6 is 0 Å². The van der Waals surface area contributed by atoms with E-state index in [1.54, 1.807) is 0 Å². The second kappa shape index (κ2) is 5.45. The average Bonchev–Trinajstić information content (AvgIpc) is 2.63. The molecule has 0 saturated heterocycles. The van der Waals surface area contributed by atoms with E-state index in [0.717, 1.165) is 25.3 Å². The Morgan fingerprint density at radius 1 is 0.947 bits per heavy atom. The molecule has 0 spiro atoms. The fourth-order valence-corrected chi connectivity index (χ4v) is 2.82. The van der Waals surface area contributed by atoms with Crippen molar-refractivity contribution >= 4 is 5.69 Å². The van der Waals surface area contributed by atoms with E-state index in [-0.39, 0.29) is 0 Å². The summed E-state index contributed by atoms with van der Waals surface area (Å²) in [4.78, 5) is 2.50. The largest absolute Gasteiger partial charge is 0.398 e. The van der Waals surface area contributed by atoms with Crippen LogP contribution in [0.4, 0.5) is 5.69 Å². The highest BCUT2D eigenvalue weighted by Gasteiger charge is 2.14. The number of nitrogens with zero attached hydrogens (tertiary/aromatic N) is 1. The summed E-state index contributed by atoms with van der Waals surface area (Å²) >= 11 is 0. The smallest absolute Gasteiger partial charge is 0.0359 e. The van der Waals surface area contributed by atoms with Gasteiger partial charge in [0.15, 0.2) is 0 Å². The minimum absolute atomic E-state index is 0.903. The first-order chi connectivity index (χ1) is 9.33. The maximum atomic E-state index is 6.04. The van der Waals surface area contributed by atoms with Crippen molar-refractivity contribution in [2.45, 2.75) is 25.9 Å². The summed E-state index contributed by atoms with van der Waals surface area (Å²) in [5.74, 6) is 0. The van der Waals surface area contributed by atoms with E-state index < -0.39 is 0 Å². The lowest BCUT2D eigenvalue weighted by Crippen LogP contribution is -2.23. The zero-order valence-electron chi connectivity index (χ0n) is 11.2. The molecule has 0 amide bonds. The van der Waals surface area contributed by atoms with Gasteiger partial charge in [-0.05, 0) is 42.1 Å². The monoisotopic (exact) mass is 252 g/mol. The number of benzene rings is 2. The predicted octanol–water partition coefficient (Wildman–Crippen LogP) is 3.22. The van der Waals surface area contributed by atoms with Gasteiger partial charge in [-0.25, -0.2) is 0 Å². The Morgan fingerprint density at radius 3 is 2.53 bits per heavy atom. The maximum Gasteiger partial charge on any atom is 0.0359 e. The third kappa shape index (κ3) is 2.79. The van der Waals surface area contributed by atoms with Crippen molar-refractivity contribution in [2.24, 2.45) is 0 Å². The standard InChI is InChI=1S/C17H20N2/c18-17-10-4-3-8-16(17)13-19-11-5-9-14-6-1-2-7-15(14)12-19/h1-4,6-8,10H,5,9,11-13,18H2. The Bertz CT molecular complexity index is 563. The topological polar surface area (TPSA) is 29.3 Å². The van der Waals surface area contributed by atoms with Crippen LogP contribution < -0.4 is 5.73 Å². The summed E-state index contributed by atoms with van der Waals surface area (Å²) in [5, 5.41) is 0. The van der Waals surface area contributed by atoms with Gasteiger partial charge in [0, 0.05) is 18.8 Å². The Hall–Kier alpha value is -1.80. The minimum atomic E-state index is 0.903. The summed E-state index contributed by atoms with van der Waals surface area (Å²) in [7, 11) is 0. The molecule has 0 fully saturated rings. The number of fused-ring (bicyclic) bond motifs is 1. The molecule has 0 unspecified atom stereocenters. The fraction of sp³-hybridized carbons (Fsp3) is 0.294. The number of nitrogen functional groups attached to an aromatic ring is 1. The van der Waals surface area contributed by atoms with Crippen LogP contribution in [0.2, 0.25) is 0 Å². The highest BCUT2D eigenvalue weighted by atomic mass is 15.1. The van der Waals surface area contributed by atoms with Crippen molar-refractivity contribution in [3.05, 3.63) is 65.2 Å². The van der Waals surface area contributed by atoms with Crippen LogP contribution in [-0.2, 0) is 19.5 Å². The van der Waals surface area contributed by atoms with Crippen molar-refractivity contribution in [2.75, 3.05) is 12.3 Å². The highest BCUT2D eigenvalue weighted by Crippen LogP contribution is 2.21. The summed E-state index contributed by atoms with van der Waals surface area (Å²) in [6.45, 7) is 3.12. The molecular formula is C17H20N2. The normalized spacial score (nSPS) is 15.8. The third-order valence-corrected chi connectivity index (χ3v) is 3.88. The van der Waals surface area contributed by atoms with Crippen LogP contribution in [0.25, 0.3) is 0 Å². The van der Waals surface area contributed by atoms with E-state index in [0.29, 0.717) is 0 Å². The lowest BCUT2D eigenvalue weighted by molar-refractivity contribution is 0.261. The van der Waals surface area contributed by atoms with Gasteiger partial charge in [0.25, 0.3) is 0 Å². The quantitative estimate of drug-likeness (QED) is 0.832. The zero-order valence-corrected chi connectivity index (χ0v) is 11.2. The fourth-order valence-electron chi connectivity index (χ4n) is 2.82. The van der Waals surface area contributed by atoms with E-state index >= 15 is 0 Å². The molecule has 1 aliphatic heterocycles. The van der Waals surface area contributed by atoms with Gasteiger partial charge in [0.05, 0.1) is 0 Å². The molecule has 19 heavy (non-hydrogen) atoms. The number of rotatable bonds is 2. The third-order valence-electron chi connectivity index (χ3n) is 3.88. The molecule has 2 aromatic carbocycles. The van der Waals surface area contributed by atoms with Crippen LogP contribution in [0.15, 0.2) is 48.5 Å². The molecule has 2 heteroatoms. The summed E-state index contributed by atoms with van der Waals surface area (Å²) < 4.78 is 0. The van der Waals surface area contributed by atoms with Gasteiger partial charge in [-0.3, -0.25) is 4.90 Å². The summed E-state index contributed by atoms with van der Waals surface area (Å²) in [6.07, 6.45) is 2.42. The molecule has 0 radical (unpaired) electrons. The van der Waals surface area contributed by atoms with Crippen LogP contribution in [-0.4, -0.2) is 11.4 Å². The Balaban J connectivity index is 1.78. The van der Waals surface area contributed by atoms with Crippen LogP contribution in [0.5, 0.6) is 0 Å². The van der Waals surface area contributed by atoms with Gasteiger partial charge in [-0.15, -0.1) is 0 Å². The van der Waals surface area contributed by atoms with Crippen LogP contribution in [0, 0.1) is 0 Å². The van der Waals surface area contributed by atoms with Crippen molar-refractivity contribution in [3.8, 4) is 0 Å². The zero-order chi connectivity index (χ0) is 13.1. The van der Waals surface area contributed by atoms with Crippen molar-refractivity contribution in [3.63, 3.8) is 0 Å². The lowest BCUT2D eigenvalue weighted by Gasteiger charge is -2.21. The molecule has 0 bridgehead atoms. The Morgan fingerprint density at radius 2 is 1.68 bits per heavy atom. The van der Waals surface area contributed by atoms with Gasteiger partial charge in [0.1, 0.15) is 0 Å². The molecule has 0 saturated carbocycles. The average molecular weight is 252 g/mol. The molecule has 0 aromatic heterocycles. The van der Waals surface area contributed by atoms with E-state index in [1.807, 2.05) is 12.1 Å². The van der Waals surface area contributed by atoms with Crippen molar-refractivity contribution in [1.82, 2.24) is 4.90 Å². The molecule has 1 heterocycles. The molecule has 0 atom stereocenters. The molecule has 2 nitrogen and oxygen atoms in total. The number of aryl methyl sites for hydroxylation is 1. The van der Waals surface area contributed by atoms with E-state index in [1.165, 1.54) is 29.5 Å². The second-order valence-corrected chi connectivity index (χ2v) is 5.28. The molecule has 3 rings (SSSR count). The number of hydrogen-bond acceptors (Lipinski definition) is 2. The molecule has 2 aromatic rings.